The molecular formula is C22H44N2O2. The highest BCUT2D eigenvalue weighted by atomic mass is 16.5. The maximum atomic E-state index is 10.2. The van der Waals surface area contributed by atoms with Crippen molar-refractivity contribution < 1.29 is 9.84 Å². The van der Waals surface area contributed by atoms with Gasteiger partial charge in [0.2, 0.25) is 0 Å². The van der Waals surface area contributed by atoms with Crippen LogP contribution in [0.15, 0.2) is 11.6 Å². The maximum Gasteiger partial charge on any atom is 0.105 e. The Hall–Kier alpha value is -0.420. The summed E-state index contributed by atoms with van der Waals surface area (Å²) in [5, 5.41) is 10.2. The van der Waals surface area contributed by atoms with Crippen molar-refractivity contribution in [3.63, 3.8) is 0 Å². The third-order valence-corrected chi connectivity index (χ3v) is 6.49. The van der Waals surface area contributed by atoms with Crippen molar-refractivity contribution in [1.29, 1.82) is 0 Å². The summed E-state index contributed by atoms with van der Waals surface area (Å²) in [5.74, 6) is 2.39. The number of aliphatic hydroxyl groups is 1. The SMILES string of the molecule is CCC(N)CC(C)C(CC1=CC(C(C)C)C(OC)C(C(C)C)C1)C(N)O. The van der Waals surface area contributed by atoms with Gasteiger partial charge in [-0.2, -0.15) is 0 Å². The molecule has 0 aromatic heterocycles. The molecule has 5 N–H and O–H groups in total. The van der Waals surface area contributed by atoms with E-state index >= 15 is 0 Å². The fraction of sp³-hybridized carbons (Fsp3) is 0.909. The molecule has 0 saturated carbocycles. The molecule has 1 aliphatic carbocycles. The van der Waals surface area contributed by atoms with Crippen molar-refractivity contribution in [2.45, 2.75) is 85.6 Å². The smallest absolute Gasteiger partial charge is 0.105 e. The van der Waals surface area contributed by atoms with E-state index < -0.39 is 6.23 Å². The predicted molar refractivity (Wildman–Crippen MR) is 111 cm³/mol. The van der Waals surface area contributed by atoms with Gasteiger partial charge < -0.3 is 21.3 Å². The zero-order valence-corrected chi connectivity index (χ0v) is 18.1. The van der Waals surface area contributed by atoms with E-state index in [0.717, 1.165) is 25.7 Å². The zero-order chi connectivity index (χ0) is 20.0. The molecule has 1 rings (SSSR count). The van der Waals surface area contributed by atoms with Crippen LogP contribution in [-0.2, 0) is 4.74 Å². The number of aliphatic hydroxyl groups excluding tert-OH is 1. The van der Waals surface area contributed by atoms with Gasteiger partial charge in [0.05, 0.1) is 6.10 Å². The van der Waals surface area contributed by atoms with Gasteiger partial charge in [0.25, 0.3) is 0 Å². The first-order valence-corrected chi connectivity index (χ1v) is 10.5. The minimum absolute atomic E-state index is 0.0542. The third kappa shape index (κ3) is 6.33. The van der Waals surface area contributed by atoms with E-state index in [1.54, 1.807) is 0 Å². The molecule has 7 atom stereocenters. The van der Waals surface area contributed by atoms with Gasteiger partial charge in [-0.15, -0.1) is 0 Å². The van der Waals surface area contributed by atoms with E-state index in [9.17, 15) is 5.11 Å². The van der Waals surface area contributed by atoms with Gasteiger partial charge in [-0.25, -0.2) is 0 Å². The molecular weight excluding hydrogens is 324 g/mol. The number of rotatable bonds is 10. The van der Waals surface area contributed by atoms with Gasteiger partial charge in [0, 0.05) is 25.0 Å². The van der Waals surface area contributed by atoms with E-state index in [1.807, 2.05) is 7.11 Å². The Kier molecular flexibility index (Phi) is 9.81. The Morgan fingerprint density at radius 2 is 1.77 bits per heavy atom. The van der Waals surface area contributed by atoms with Crippen LogP contribution >= 0.6 is 0 Å². The molecule has 0 amide bonds. The summed E-state index contributed by atoms with van der Waals surface area (Å²) in [5.41, 5.74) is 13.6. The van der Waals surface area contributed by atoms with E-state index in [0.29, 0.717) is 29.6 Å². The Bertz CT molecular complexity index is 434. The molecule has 0 fully saturated rings. The van der Waals surface area contributed by atoms with Crippen LogP contribution in [0.3, 0.4) is 0 Å². The minimum atomic E-state index is -0.801. The highest BCUT2D eigenvalue weighted by molar-refractivity contribution is 5.15. The number of hydrogen-bond acceptors (Lipinski definition) is 4. The number of ether oxygens (including phenoxy) is 1. The lowest BCUT2D eigenvalue weighted by atomic mass is 9.69. The number of methoxy groups -OCH3 is 1. The van der Waals surface area contributed by atoms with Crippen molar-refractivity contribution in [2.24, 2.45) is 47.0 Å². The molecule has 1 aliphatic rings. The molecule has 0 saturated heterocycles. The fourth-order valence-corrected chi connectivity index (χ4v) is 4.59. The van der Waals surface area contributed by atoms with Gasteiger partial charge in [-0.05, 0) is 49.4 Å². The monoisotopic (exact) mass is 368 g/mol. The molecule has 0 aromatic carbocycles. The molecule has 0 bridgehead atoms. The number of hydrogen-bond donors (Lipinski definition) is 3. The molecule has 154 valence electrons. The molecule has 0 aromatic rings. The van der Waals surface area contributed by atoms with Crippen LogP contribution in [-0.4, -0.2) is 30.6 Å². The lowest BCUT2D eigenvalue weighted by Crippen LogP contribution is -2.41. The fourth-order valence-electron chi connectivity index (χ4n) is 4.59. The second-order valence-electron chi connectivity index (χ2n) is 9.20. The average molecular weight is 369 g/mol. The topological polar surface area (TPSA) is 81.5 Å². The molecule has 0 heterocycles. The number of allylic oxidation sites excluding steroid dienone is 1. The standard InChI is InChI=1S/C22H44N2O2/c1-8-17(23)9-15(6)20(22(24)25)12-16-10-18(13(2)3)21(26-7)19(11-16)14(4)5/h10,13-15,17-22,25H,8-9,11-12,23-24H2,1-7H3. The average Bonchev–Trinajstić information content (AvgIpc) is 2.57. The highest BCUT2D eigenvalue weighted by Crippen LogP contribution is 2.41. The lowest BCUT2D eigenvalue weighted by molar-refractivity contribution is -0.0171. The summed E-state index contributed by atoms with van der Waals surface area (Å²) in [6.07, 6.45) is 5.65. The van der Waals surface area contributed by atoms with Crippen LogP contribution in [0, 0.1) is 35.5 Å². The summed E-state index contributed by atoms with van der Waals surface area (Å²) in [6, 6.07) is 0.177. The first-order chi connectivity index (χ1) is 12.1. The third-order valence-electron chi connectivity index (χ3n) is 6.49. The first-order valence-electron chi connectivity index (χ1n) is 10.5. The normalized spacial score (nSPS) is 28.8. The Morgan fingerprint density at radius 3 is 2.19 bits per heavy atom. The van der Waals surface area contributed by atoms with E-state index in [4.69, 9.17) is 16.2 Å². The van der Waals surface area contributed by atoms with Crippen LogP contribution in [0.1, 0.15) is 67.2 Å². The van der Waals surface area contributed by atoms with E-state index in [1.165, 1.54) is 5.57 Å². The molecule has 4 heteroatoms. The van der Waals surface area contributed by atoms with Crippen molar-refractivity contribution >= 4 is 0 Å². The minimum Gasteiger partial charge on any atom is -0.381 e. The highest BCUT2D eigenvalue weighted by Gasteiger charge is 2.37. The van der Waals surface area contributed by atoms with Crippen LogP contribution in [0.5, 0.6) is 0 Å². The maximum absolute atomic E-state index is 10.2. The predicted octanol–water partition coefficient (Wildman–Crippen LogP) is 3.92. The molecule has 7 unspecified atom stereocenters. The largest absolute Gasteiger partial charge is 0.381 e. The molecule has 26 heavy (non-hydrogen) atoms. The van der Waals surface area contributed by atoms with Crippen molar-refractivity contribution in [3.8, 4) is 0 Å². The Morgan fingerprint density at radius 1 is 1.15 bits per heavy atom. The van der Waals surface area contributed by atoms with Crippen molar-refractivity contribution in [1.82, 2.24) is 0 Å². The molecule has 4 nitrogen and oxygen atoms in total. The Balaban J connectivity index is 3.02. The molecule has 0 spiro atoms. The molecule has 0 aliphatic heterocycles. The van der Waals surface area contributed by atoms with Gasteiger partial charge in [0.1, 0.15) is 6.23 Å². The zero-order valence-electron chi connectivity index (χ0n) is 18.1. The van der Waals surface area contributed by atoms with Crippen LogP contribution in [0.2, 0.25) is 0 Å². The first kappa shape index (κ1) is 23.6. The van der Waals surface area contributed by atoms with Crippen LogP contribution in [0.4, 0.5) is 0 Å². The van der Waals surface area contributed by atoms with Crippen molar-refractivity contribution in [2.75, 3.05) is 7.11 Å². The van der Waals surface area contributed by atoms with Crippen LogP contribution < -0.4 is 11.5 Å². The lowest BCUT2D eigenvalue weighted by Gasteiger charge is -2.41. The Labute approximate surface area is 161 Å². The summed E-state index contributed by atoms with van der Waals surface area (Å²) < 4.78 is 5.92. The molecule has 0 radical (unpaired) electrons. The number of nitrogens with two attached hydrogens (primary N) is 2. The summed E-state index contributed by atoms with van der Waals surface area (Å²) in [4.78, 5) is 0. The van der Waals surface area contributed by atoms with Gasteiger partial charge >= 0.3 is 0 Å². The van der Waals surface area contributed by atoms with Crippen LogP contribution in [0.25, 0.3) is 0 Å². The van der Waals surface area contributed by atoms with Gasteiger partial charge in [-0.1, -0.05) is 53.2 Å². The van der Waals surface area contributed by atoms with E-state index in [-0.39, 0.29) is 18.1 Å². The van der Waals surface area contributed by atoms with Gasteiger partial charge in [-0.3, -0.25) is 0 Å². The quantitative estimate of drug-likeness (QED) is 0.403. The second-order valence-corrected chi connectivity index (χ2v) is 9.20. The summed E-state index contributed by atoms with van der Waals surface area (Å²) in [6.45, 7) is 13.4. The second kappa shape index (κ2) is 10.8. The summed E-state index contributed by atoms with van der Waals surface area (Å²) >= 11 is 0. The van der Waals surface area contributed by atoms with Gasteiger partial charge in [0.15, 0.2) is 0 Å². The van der Waals surface area contributed by atoms with E-state index in [2.05, 4.69) is 47.6 Å². The summed E-state index contributed by atoms with van der Waals surface area (Å²) in [7, 11) is 1.84. The van der Waals surface area contributed by atoms with Crippen molar-refractivity contribution in [3.05, 3.63) is 11.6 Å².